The molecule has 0 heterocycles. The molecular formula is C10H14BrNO. The summed E-state index contributed by atoms with van der Waals surface area (Å²) in [5, 5.41) is 0. The Bertz CT molecular complexity index is 286. The molecule has 0 aliphatic heterocycles. The van der Waals surface area contributed by atoms with Crippen LogP contribution in [0, 0.1) is 0 Å². The van der Waals surface area contributed by atoms with Gasteiger partial charge in [-0.1, -0.05) is 41.9 Å². The highest BCUT2D eigenvalue weighted by Gasteiger charge is 2.20. The number of rotatable bonds is 3. The monoisotopic (exact) mass is 243 g/mol. The van der Waals surface area contributed by atoms with E-state index < -0.39 is 0 Å². The molecule has 0 saturated carbocycles. The van der Waals surface area contributed by atoms with E-state index >= 15 is 0 Å². The van der Waals surface area contributed by atoms with Crippen molar-refractivity contribution >= 4 is 15.9 Å². The summed E-state index contributed by atoms with van der Waals surface area (Å²) in [6.45, 7) is 4.72. The summed E-state index contributed by atoms with van der Waals surface area (Å²) in [5.41, 5.74) is 1.17. The Hall–Kier alpha value is -0.380. The highest BCUT2D eigenvalue weighted by atomic mass is 79.9. The highest BCUT2D eigenvalue weighted by molar-refractivity contribution is 9.10. The fraction of sp³-hybridized carbons (Fsp3) is 0.400. The molecule has 0 fully saturated rings. The molecule has 1 aromatic rings. The minimum atomic E-state index is -0.0431. The van der Waals surface area contributed by atoms with E-state index in [9.17, 15) is 0 Å². The van der Waals surface area contributed by atoms with E-state index in [0.29, 0.717) is 6.61 Å². The van der Waals surface area contributed by atoms with Gasteiger partial charge in [0.25, 0.3) is 0 Å². The first-order chi connectivity index (χ1) is 6.06. The Morgan fingerprint density at radius 1 is 1.46 bits per heavy atom. The molecule has 0 amide bonds. The van der Waals surface area contributed by atoms with Crippen LogP contribution in [0.1, 0.15) is 19.4 Å². The Labute approximate surface area is 87.2 Å². The summed E-state index contributed by atoms with van der Waals surface area (Å²) in [5.74, 6) is 5.08. The molecular weight excluding hydrogens is 230 g/mol. The van der Waals surface area contributed by atoms with Crippen LogP contribution in [0.4, 0.5) is 0 Å². The number of nitrogens with two attached hydrogens (primary N) is 1. The van der Waals surface area contributed by atoms with Crippen LogP contribution in [0.3, 0.4) is 0 Å². The van der Waals surface area contributed by atoms with Crippen molar-refractivity contribution in [2.75, 3.05) is 6.61 Å². The van der Waals surface area contributed by atoms with Crippen LogP contribution in [0.15, 0.2) is 28.7 Å². The molecule has 0 radical (unpaired) electrons. The van der Waals surface area contributed by atoms with Crippen LogP contribution in [-0.2, 0) is 10.3 Å². The largest absolute Gasteiger partial charge is 0.304 e. The van der Waals surface area contributed by atoms with E-state index in [1.165, 1.54) is 5.56 Å². The van der Waals surface area contributed by atoms with Crippen molar-refractivity contribution in [2.45, 2.75) is 19.3 Å². The van der Waals surface area contributed by atoms with E-state index in [1.54, 1.807) is 0 Å². The molecule has 0 unspecified atom stereocenters. The lowest BCUT2D eigenvalue weighted by Crippen LogP contribution is -2.26. The van der Waals surface area contributed by atoms with E-state index in [-0.39, 0.29) is 5.41 Å². The molecule has 72 valence electrons. The smallest absolute Gasteiger partial charge is 0.0770 e. The van der Waals surface area contributed by atoms with Crippen LogP contribution in [0.25, 0.3) is 0 Å². The quantitative estimate of drug-likeness (QED) is 0.829. The summed E-state index contributed by atoms with van der Waals surface area (Å²) < 4.78 is 1.08. The molecule has 0 aromatic heterocycles. The van der Waals surface area contributed by atoms with Gasteiger partial charge in [-0.25, -0.2) is 5.90 Å². The highest BCUT2D eigenvalue weighted by Crippen LogP contribution is 2.25. The van der Waals surface area contributed by atoms with E-state index in [4.69, 9.17) is 5.90 Å². The van der Waals surface area contributed by atoms with Gasteiger partial charge in [-0.15, -0.1) is 0 Å². The standard InChI is InChI=1S/C10H14BrNO/c1-10(2,7-13-12)8-4-3-5-9(11)6-8/h3-6H,7,12H2,1-2H3. The maximum Gasteiger partial charge on any atom is 0.0770 e. The normalized spacial score (nSPS) is 11.7. The second kappa shape index (κ2) is 4.22. The lowest BCUT2D eigenvalue weighted by atomic mass is 9.86. The molecule has 3 heteroatoms. The van der Waals surface area contributed by atoms with Gasteiger partial charge in [-0.2, -0.15) is 0 Å². The van der Waals surface area contributed by atoms with Crippen molar-refractivity contribution in [3.05, 3.63) is 34.3 Å². The van der Waals surface area contributed by atoms with Gasteiger partial charge in [-0.05, 0) is 17.7 Å². The average Bonchev–Trinajstić information content (AvgIpc) is 2.04. The third-order valence-corrected chi connectivity index (χ3v) is 2.54. The fourth-order valence-corrected chi connectivity index (χ4v) is 1.60. The van der Waals surface area contributed by atoms with Crippen LogP contribution in [0.5, 0.6) is 0 Å². The van der Waals surface area contributed by atoms with Crippen LogP contribution < -0.4 is 5.90 Å². The number of benzene rings is 1. The molecule has 0 aliphatic rings. The zero-order valence-electron chi connectivity index (χ0n) is 7.88. The van der Waals surface area contributed by atoms with Gasteiger partial charge < -0.3 is 4.84 Å². The molecule has 0 saturated heterocycles. The molecule has 0 atom stereocenters. The first-order valence-corrected chi connectivity index (χ1v) is 4.93. The Balaban J connectivity index is 2.93. The van der Waals surface area contributed by atoms with Crippen molar-refractivity contribution in [3.63, 3.8) is 0 Å². The van der Waals surface area contributed by atoms with Gasteiger partial charge in [-0.3, -0.25) is 0 Å². The van der Waals surface area contributed by atoms with Crippen molar-refractivity contribution < 1.29 is 4.84 Å². The predicted molar refractivity (Wildman–Crippen MR) is 57.3 cm³/mol. The zero-order valence-corrected chi connectivity index (χ0v) is 9.47. The van der Waals surface area contributed by atoms with Crippen molar-refractivity contribution in [1.82, 2.24) is 0 Å². The summed E-state index contributed by atoms with van der Waals surface area (Å²) in [4.78, 5) is 4.69. The first-order valence-electron chi connectivity index (χ1n) is 4.14. The summed E-state index contributed by atoms with van der Waals surface area (Å²) in [7, 11) is 0. The molecule has 13 heavy (non-hydrogen) atoms. The third kappa shape index (κ3) is 2.79. The second-order valence-corrected chi connectivity index (χ2v) is 4.62. The van der Waals surface area contributed by atoms with Crippen LogP contribution >= 0.6 is 15.9 Å². The third-order valence-electron chi connectivity index (χ3n) is 2.05. The molecule has 2 nitrogen and oxygen atoms in total. The second-order valence-electron chi connectivity index (χ2n) is 3.71. The number of halogens is 1. The van der Waals surface area contributed by atoms with Gasteiger partial charge in [0, 0.05) is 9.89 Å². The van der Waals surface area contributed by atoms with Gasteiger partial charge in [0.2, 0.25) is 0 Å². The molecule has 0 bridgehead atoms. The molecule has 0 aliphatic carbocycles. The van der Waals surface area contributed by atoms with Crippen molar-refractivity contribution in [3.8, 4) is 0 Å². The number of hydrogen-bond donors (Lipinski definition) is 1. The van der Waals surface area contributed by atoms with Gasteiger partial charge in [0.05, 0.1) is 6.61 Å². The molecule has 1 rings (SSSR count). The first kappa shape index (κ1) is 10.7. The molecule has 0 spiro atoms. The Morgan fingerprint density at radius 2 is 2.15 bits per heavy atom. The maximum atomic E-state index is 5.08. The summed E-state index contributed by atoms with van der Waals surface area (Å²) in [6.07, 6.45) is 0. The van der Waals surface area contributed by atoms with E-state index in [1.807, 2.05) is 12.1 Å². The lowest BCUT2D eigenvalue weighted by Gasteiger charge is -2.23. The number of hydrogen-bond acceptors (Lipinski definition) is 2. The van der Waals surface area contributed by atoms with Crippen LogP contribution in [0.2, 0.25) is 0 Å². The molecule has 1 aromatic carbocycles. The molecule has 2 N–H and O–H groups in total. The zero-order chi connectivity index (χ0) is 9.90. The Morgan fingerprint density at radius 3 is 2.69 bits per heavy atom. The topological polar surface area (TPSA) is 35.2 Å². The van der Waals surface area contributed by atoms with Crippen molar-refractivity contribution in [2.24, 2.45) is 5.90 Å². The summed E-state index contributed by atoms with van der Waals surface area (Å²) in [6, 6.07) is 8.17. The SMILES string of the molecule is CC(C)(CON)c1cccc(Br)c1. The Kier molecular flexibility index (Phi) is 3.47. The minimum Gasteiger partial charge on any atom is -0.304 e. The van der Waals surface area contributed by atoms with Gasteiger partial charge >= 0.3 is 0 Å². The van der Waals surface area contributed by atoms with E-state index in [0.717, 1.165) is 4.47 Å². The lowest BCUT2D eigenvalue weighted by molar-refractivity contribution is 0.0964. The van der Waals surface area contributed by atoms with E-state index in [2.05, 4.69) is 46.7 Å². The minimum absolute atomic E-state index is 0.0431. The van der Waals surface area contributed by atoms with Crippen molar-refractivity contribution in [1.29, 1.82) is 0 Å². The average molecular weight is 244 g/mol. The maximum absolute atomic E-state index is 5.08. The van der Waals surface area contributed by atoms with Gasteiger partial charge in [0.15, 0.2) is 0 Å². The van der Waals surface area contributed by atoms with Crippen LogP contribution in [-0.4, -0.2) is 6.61 Å². The fourth-order valence-electron chi connectivity index (χ4n) is 1.20. The van der Waals surface area contributed by atoms with Gasteiger partial charge in [0.1, 0.15) is 0 Å². The summed E-state index contributed by atoms with van der Waals surface area (Å²) >= 11 is 3.43. The predicted octanol–water partition coefficient (Wildman–Crippen LogP) is 2.62.